The second kappa shape index (κ2) is 9.54. The minimum atomic E-state index is 0.0175. The van der Waals surface area contributed by atoms with Crippen molar-refractivity contribution in [2.75, 3.05) is 33.0 Å². The highest BCUT2D eigenvalue weighted by Crippen LogP contribution is 2.33. The Bertz CT molecular complexity index is 1220. The fourth-order valence-corrected chi connectivity index (χ4v) is 5.39. The van der Waals surface area contributed by atoms with E-state index in [1.807, 2.05) is 10.7 Å². The molecule has 0 saturated carbocycles. The van der Waals surface area contributed by atoms with Gasteiger partial charge >= 0.3 is 0 Å². The molecule has 2 aliphatic rings. The predicted octanol–water partition coefficient (Wildman–Crippen LogP) is 3.42. The molecule has 0 aliphatic carbocycles. The summed E-state index contributed by atoms with van der Waals surface area (Å²) in [7, 11) is 0. The van der Waals surface area contributed by atoms with Gasteiger partial charge in [-0.2, -0.15) is 0 Å². The monoisotopic (exact) mass is 474 g/mol. The maximum atomic E-state index is 5.55. The van der Waals surface area contributed by atoms with E-state index in [9.17, 15) is 0 Å². The molecule has 0 spiro atoms. The number of benzene rings is 2. The van der Waals surface area contributed by atoms with E-state index in [4.69, 9.17) is 9.47 Å². The van der Waals surface area contributed by atoms with Gasteiger partial charge in [-0.05, 0) is 45.1 Å². The zero-order valence-electron chi connectivity index (χ0n) is 18.8. The molecule has 0 N–H and O–H groups in total. The molecule has 2 aromatic carbocycles. The van der Waals surface area contributed by atoms with Gasteiger partial charge in [-0.3, -0.25) is 9.80 Å². The van der Waals surface area contributed by atoms with Gasteiger partial charge in [0.1, 0.15) is 0 Å². The Labute approximate surface area is 202 Å². The number of thiophene rings is 1. The van der Waals surface area contributed by atoms with Crippen molar-refractivity contribution < 1.29 is 9.47 Å². The molecule has 4 aromatic rings. The third kappa shape index (κ3) is 4.42. The van der Waals surface area contributed by atoms with Crippen molar-refractivity contribution in [3.63, 3.8) is 0 Å². The Balaban J connectivity index is 1.19. The highest BCUT2D eigenvalue weighted by molar-refractivity contribution is 7.09. The second-order valence-corrected chi connectivity index (χ2v) is 9.62. The molecule has 9 heteroatoms. The van der Waals surface area contributed by atoms with E-state index < -0.39 is 0 Å². The number of rotatable bonds is 7. The van der Waals surface area contributed by atoms with Crippen LogP contribution in [0.15, 0.2) is 66.0 Å². The summed E-state index contributed by atoms with van der Waals surface area (Å²) < 4.78 is 12.9. The Morgan fingerprint density at radius 2 is 1.74 bits per heavy atom. The molecule has 2 aromatic heterocycles. The summed E-state index contributed by atoms with van der Waals surface area (Å²) in [5.41, 5.74) is 2.46. The third-order valence-electron chi connectivity index (χ3n) is 6.42. The Morgan fingerprint density at radius 1 is 0.882 bits per heavy atom. The molecule has 0 amide bonds. The molecule has 0 bridgehead atoms. The van der Waals surface area contributed by atoms with Crippen LogP contribution in [0.5, 0.6) is 11.5 Å². The highest BCUT2D eigenvalue weighted by Gasteiger charge is 2.30. The van der Waals surface area contributed by atoms with Crippen LogP contribution in [0.4, 0.5) is 0 Å². The lowest BCUT2D eigenvalue weighted by Gasteiger charge is -2.39. The van der Waals surface area contributed by atoms with E-state index in [0.717, 1.165) is 50.0 Å². The Morgan fingerprint density at radius 3 is 2.56 bits per heavy atom. The summed E-state index contributed by atoms with van der Waals surface area (Å²) in [6.45, 7) is 5.73. The molecule has 1 unspecified atom stereocenters. The molecule has 6 rings (SSSR count). The van der Waals surface area contributed by atoms with Gasteiger partial charge in [0.25, 0.3) is 0 Å². The molecule has 174 valence electrons. The fourth-order valence-electron chi connectivity index (χ4n) is 4.71. The van der Waals surface area contributed by atoms with Crippen LogP contribution in [0.1, 0.15) is 27.9 Å². The van der Waals surface area contributed by atoms with E-state index in [1.165, 1.54) is 16.0 Å². The zero-order chi connectivity index (χ0) is 22.7. The van der Waals surface area contributed by atoms with Crippen LogP contribution >= 0.6 is 11.3 Å². The Kier molecular flexibility index (Phi) is 5.97. The molecule has 4 heterocycles. The number of hydrogen-bond donors (Lipinski definition) is 0. The van der Waals surface area contributed by atoms with Crippen molar-refractivity contribution in [2.45, 2.75) is 19.1 Å². The summed E-state index contributed by atoms with van der Waals surface area (Å²) in [6.07, 6.45) is 0. The van der Waals surface area contributed by atoms with E-state index in [2.05, 4.69) is 85.3 Å². The van der Waals surface area contributed by atoms with Crippen molar-refractivity contribution >= 4 is 11.3 Å². The summed E-state index contributed by atoms with van der Waals surface area (Å²) in [6, 6.07) is 21.0. The third-order valence-corrected chi connectivity index (χ3v) is 7.28. The molecular weight excluding hydrogens is 448 g/mol. The average molecular weight is 475 g/mol. The average Bonchev–Trinajstić information content (AvgIpc) is 3.64. The number of ether oxygens (including phenoxy) is 2. The maximum absolute atomic E-state index is 5.55. The first-order chi connectivity index (χ1) is 16.8. The SMILES string of the molecule is c1ccc(C(c2nnnn2Cc2cccs2)N2CCN(Cc3ccc4c(c3)OCO4)CC2)cc1. The molecule has 2 aliphatic heterocycles. The van der Waals surface area contributed by atoms with Crippen molar-refractivity contribution in [3.05, 3.63) is 87.9 Å². The highest BCUT2D eigenvalue weighted by atomic mass is 32.1. The molecule has 1 saturated heterocycles. The number of tetrazole rings is 1. The topological polar surface area (TPSA) is 68.5 Å². The van der Waals surface area contributed by atoms with Crippen LogP contribution in [0.3, 0.4) is 0 Å². The van der Waals surface area contributed by atoms with Crippen molar-refractivity contribution in [3.8, 4) is 11.5 Å². The normalized spacial score (nSPS) is 17.2. The number of piperazine rings is 1. The van der Waals surface area contributed by atoms with E-state index >= 15 is 0 Å². The second-order valence-electron chi connectivity index (χ2n) is 8.59. The first-order valence-corrected chi connectivity index (χ1v) is 12.4. The Hall–Kier alpha value is -3.27. The van der Waals surface area contributed by atoms with Crippen LogP contribution in [0.2, 0.25) is 0 Å². The number of aromatic nitrogens is 4. The molecule has 0 radical (unpaired) electrons. The lowest BCUT2D eigenvalue weighted by atomic mass is 10.0. The first kappa shape index (κ1) is 21.3. The van der Waals surface area contributed by atoms with Crippen LogP contribution in [-0.4, -0.2) is 63.0 Å². The molecule has 1 fully saturated rings. The fraction of sp³-hybridized carbons (Fsp3) is 0.320. The molecule has 8 nitrogen and oxygen atoms in total. The van der Waals surface area contributed by atoms with Gasteiger partial charge in [0.05, 0.1) is 12.6 Å². The molecule has 34 heavy (non-hydrogen) atoms. The number of nitrogens with zero attached hydrogens (tertiary/aromatic N) is 6. The summed E-state index contributed by atoms with van der Waals surface area (Å²) >= 11 is 1.73. The van der Waals surface area contributed by atoms with Gasteiger partial charge in [0, 0.05) is 37.6 Å². The van der Waals surface area contributed by atoms with E-state index in [1.54, 1.807) is 11.3 Å². The molecule has 1 atom stereocenters. The number of hydrogen-bond acceptors (Lipinski definition) is 8. The van der Waals surface area contributed by atoms with Crippen molar-refractivity contribution in [1.29, 1.82) is 0 Å². The number of fused-ring (bicyclic) bond motifs is 1. The van der Waals surface area contributed by atoms with Gasteiger partial charge in [-0.15, -0.1) is 16.4 Å². The largest absolute Gasteiger partial charge is 0.454 e. The summed E-state index contributed by atoms with van der Waals surface area (Å²) in [5.74, 6) is 2.57. The minimum Gasteiger partial charge on any atom is -0.454 e. The smallest absolute Gasteiger partial charge is 0.231 e. The van der Waals surface area contributed by atoms with Crippen LogP contribution < -0.4 is 9.47 Å². The van der Waals surface area contributed by atoms with Gasteiger partial charge in [-0.1, -0.05) is 42.5 Å². The first-order valence-electron chi connectivity index (χ1n) is 11.5. The lowest BCUT2D eigenvalue weighted by molar-refractivity contribution is 0.100. The minimum absolute atomic E-state index is 0.0175. The van der Waals surface area contributed by atoms with E-state index in [-0.39, 0.29) is 6.04 Å². The van der Waals surface area contributed by atoms with Crippen molar-refractivity contribution in [1.82, 2.24) is 30.0 Å². The standard InChI is InChI=1S/C25H26N6O2S/c1-2-5-20(6-3-1)24(25-26-27-28-31(25)17-21-7-4-14-34-21)30-12-10-29(11-13-30)16-19-8-9-22-23(15-19)33-18-32-22/h1-9,14-15,24H,10-13,16-18H2. The van der Waals surface area contributed by atoms with Crippen LogP contribution in [-0.2, 0) is 13.1 Å². The van der Waals surface area contributed by atoms with E-state index in [0.29, 0.717) is 13.3 Å². The maximum Gasteiger partial charge on any atom is 0.231 e. The van der Waals surface area contributed by atoms with Gasteiger partial charge < -0.3 is 9.47 Å². The summed E-state index contributed by atoms with van der Waals surface area (Å²) in [5, 5.41) is 15.0. The molecular formula is C25H26N6O2S. The quantitative estimate of drug-likeness (QED) is 0.407. The van der Waals surface area contributed by atoms with Gasteiger partial charge in [-0.25, -0.2) is 4.68 Å². The van der Waals surface area contributed by atoms with Crippen LogP contribution in [0.25, 0.3) is 0 Å². The predicted molar refractivity (Wildman–Crippen MR) is 129 cm³/mol. The van der Waals surface area contributed by atoms with Crippen molar-refractivity contribution in [2.24, 2.45) is 0 Å². The van der Waals surface area contributed by atoms with Gasteiger partial charge in [0.2, 0.25) is 6.79 Å². The summed E-state index contributed by atoms with van der Waals surface area (Å²) in [4.78, 5) is 6.24. The van der Waals surface area contributed by atoms with Gasteiger partial charge in [0.15, 0.2) is 17.3 Å². The lowest BCUT2D eigenvalue weighted by Crippen LogP contribution is -2.47. The van der Waals surface area contributed by atoms with Crippen LogP contribution in [0, 0.1) is 0 Å². The zero-order valence-corrected chi connectivity index (χ0v) is 19.6.